The van der Waals surface area contributed by atoms with Gasteiger partial charge in [0.05, 0.1) is 13.2 Å². The Kier molecular flexibility index (Phi) is 3.92. The van der Waals surface area contributed by atoms with E-state index in [1.165, 1.54) is 21.9 Å². The van der Waals surface area contributed by atoms with Gasteiger partial charge in [-0.1, -0.05) is 18.3 Å². The Labute approximate surface area is 125 Å². The molecule has 7 nitrogen and oxygen atoms in total. The summed E-state index contributed by atoms with van der Waals surface area (Å²) in [5, 5.41) is 8.12. The molecule has 1 saturated heterocycles. The first kappa shape index (κ1) is 14.4. The van der Waals surface area contributed by atoms with E-state index in [-0.39, 0.29) is 5.56 Å². The monoisotopic (exact) mass is 310 g/mol. The Morgan fingerprint density at radius 1 is 1.48 bits per heavy atom. The largest absolute Gasteiger partial charge is 0.360 e. The van der Waals surface area contributed by atoms with E-state index in [4.69, 9.17) is 9.47 Å². The first-order chi connectivity index (χ1) is 10.1. The molecular weight excluding hydrogens is 292 g/mol. The number of anilines is 1. The maximum absolute atomic E-state index is 11.9. The van der Waals surface area contributed by atoms with Gasteiger partial charge in [0.25, 0.3) is 5.56 Å². The minimum absolute atomic E-state index is 0.143. The molecule has 1 fully saturated rings. The van der Waals surface area contributed by atoms with Gasteiger partial charge in [0, 0.05) is 24.7 Å². The van der Waals surface area contributed by atoms with E-state index in [0.717, 1.165) is 12.1 Å². The first-order valence-corrected chi connectivity index (χ1v) is 7.83. The number of aryl methyl sites for hydroxylation is 1. The molecule has 0 radical (unpaired) electrons. The number of nitrogens with zero attached hydrogens (tertiary/aromatic N) is 3. The van der Waals surface area contributed by atoms with Gasteiger partial charge >= 0.3 is 0 Å². The molecular formula is C13H18N4O3S. The summed E-state index contributed by atoms with van der Waals surface area (Å²) in [5.74, 6) is -0.520. The van der Waals surface area contributed by atoms with Crippen molar-refractivity contribution in [1.29, 1.82) is 0 Å². The van der Waals surface area contributed by atoms with Gasteiger partial charge in [-0.25, -0.2) is 4.98 Å². The lowest BCUT2D eigenvalue weighted by molar-refractivity contribution is -0.144. The molecule has 8 heteroatoms. The van der Waals surface area contributed by atoms with Crippen LogP contribution < -0.4 is 10.9 Å². The summed E-state index contributed by atoms with van der Waals surface area (Å²) in [6.45, 7) is 5.83. The summed E-state index contributed by atoms with van der Waals surface area (Å²) >= 11 is 1.37. The van der Waals surface area contributed by atoms with Crippen molar-refractivity contribution >= 4 is 21.4 Å². The molecule has 0 spiro atoms. The van der Waals surface area contributed by atoms with Gasteiger partial charge < -0.3 is 14.8 Å². The van der Waals surface area contributed by atoms with Crippen molar-refractivity contribution in [2.24, 2.45) is 0 Å². The van der Waals surface area contributed by atoms with Crippen LogP contribution in [0.5, 0.6) is 0 Å². The minimum atomic E-state index is -0.520. The van der Waals surface area contributed by atoms with Crippen LogP contribution in [-0.4, -0.2) is 40.1 Å². The Morgan fingerprint density at radius 2 is 2.24 bits per heavy atom. The summed E-state index contributed by atoms with van der Waals surface area (Å²) in [4.78, 5) is 16.9. The van der Waals surface area contributed by atoms with Crippen LogP contribution >= 0.6 is 11.3 Å². The molecule has 0 aliphatic carbocycles. The van der Waals surface area contributed by atoms with Gasteiger partial charge in [0.1, 0.15) is 0 Å². The number of hydrogen-bond acceptors (Lipinski definition) is 7. The van der Waals surface area contributed by atoms with Gasteiger partial charge in [-0.15, -0.1) is 5.10 Å². The van der Waals surface area contributed by atoms with E-state index in [1.807, 2.05) is 13.8 Å². The Bertz CT molecular complexity index is 690. The molecule has 2 aromatic heterocycles. The van der Waals surface area contributed by atoms with Crippen molar-refractivity contribution in [2.75, 3.05) is 25.1 Å². The zero-order valence-electron chi connectivity index (χ0n) is 12.1. The molecule has 0 unspecified atom stereocenters. The molecule has 2 aromatic rings. The zero-order chi connectivity index (χ0) is 14.9. The van der Waals surface area contributed by atoms with Crippen LogP contribution in [-0.2, 0) is 15.9 Å². The number of fused-ring (bicyclic) bond motifs is 1. The van der Waals surface area contributed by atoms with Gasteiger partial charge in [0.2, 0.25) is 10.1 Å². The average molecular weight is 310 g/mol. The standard InChI is InChI=1S/C13H18N4O3S/c1-3-9-8-10(18)17-12(15-9)21-11(16-17)14-5-4-13(2)19-6-7-20-13/h8H,3-7H2,1-2H3,(H,14,16). The third-order valence-corrected chi connectivity index (χ3v) is 4.28. The van der Waals surface area contributed by atoms with Crippen molar-refractivity contribution in [1.82, 2.24) is 14.6 Å². The minimum Gasteiger partial charge on any atom is -0.360 e. The molecule has 1 N–H and O–H groups in total. The lowest BCUT2D eigenvalue weighted by Gasteiger charge is -2.21. The first-order valence-electron chi connectivity index (χ1n) is 7.01. The summed E-state index contributed by atoms with van der Waals surface area (Å²) in [5.41, 5.74) is 0.644. The molecule has 3 rings (SSSR count). The molecule has 21 heavy (non-hydrogen) atoms. The molecule has 0 bridgehead atoms. The van der Waals surface area contributed by atoms with Crippen molar-refractivity contribution in [2.45, 2.75) is 32.5 Å². The fourth-order valence-electron chi connectivity index (χ4n) is 2.21. The highest BCUT2D eigenvalue weighted by Crippen LogP contribution is 2.23. The smallest absolute Gasteiger partial charge is 0.275 e. The molecule has 0 saturated carbocycles. The fourth-order valence-corrected chi connectivity index (χ4v) is 3.06. The maximum Gasteiger partial charge on any atom is 0.275 e. The predicted molar refractivity (Wildman–Crippen MR) is 79.9 cm³/mol. The SMILES string of the molecule is CCc1cc(=O)n2nc(NCCC3(C)OCCO3)sc2n1. The summed E-state index contributed by atoms with van der Waals surface area (Å²) in [6.07, 6.45) is 1.45. The fraction of sp³-hybridized carbons (Fsp3) is 0.615. The molecule has 0 amide bonds. The Balaban J connectivity index is 1.70. The molecule has 1 aliphatic rings. The van der Waals surface area contributed by atoms with Gasteiger partial charge in [-0.3, -0.25) is 4.79 Å². The van der Waals surface area contributed by atoms with Crippen LogP contribution in [0.2, 0.25) is 0 Å². The van der Waals surface area contributed by atoms with Gasteiger partial charge in [0.15, 0.2) is 5.79 Å². The molecule has 3 heterocycles. The van der Waals surface area contributed by atoms with Crippen molar-refractivity contribution in [3.63, 3.8) is 0 Å². The topological polar surface area (TPSA) is 77.8 Å². The van der Waals surface area contributed by atoms with E-state index < -0.39 is 5.79 Å². The number of rotatable bonds is 5. The average Bonchev–Trinajstić information content (AvgIpc) is 3.05. The molecule has 0 atom stereocenters. The van der Waals surface area contributed by atoms with E-state index in [9.17, 15) is 4.79 Å². The van der Waals surface area contributed by atoms with Crippen molar-refractivity contribution < 1.29 is 9.47 Å². The normalized spacial score (nSPS) is 17.4. The van der Waals surface area contributed by atoms with Crippen molar-refractivity contribution in [3.8, 4) is 0 Å². The zero-order valence-corrected chi connectivity index (χ0v) is 12.9. The second kappa shape index (κ2) is 5.70. The second-order valence-corrected chi connectivity index (χ2v) is 6.00. The lowest BCUT2D eigenvalue weighted by Crippen LogP contribution is -2.28. The third kappa shape index (κ3) is 3.07. The Morgan fingerprint density at radius 3 is 2.95 bits per heavy atom. The van der Waals surface area contributed by atoms with E-state index in [0.29, 0.717) is 36.3 Å². The van der Waals surface area contributed by atoms with Crippen molar-refractivity contribution in [3.05, 3.63) is 22.1 Å². The molecule has 114 valence electrons. The summed E-state index contributed by atoms with van der Waals surface area (Å²) in [7, 11) is 0. The highest BCUT2D eigenvalue weighted by molar-refractivity contribution is 7.20. The highest BCUT2D eigenvalue weighted by atomic mass is 32.1. The van der Waals surface area contributed by atoms with E-state index in [1.54, 1.807) is 0 Å². The number of hydrogen-bond donors (Lipinski definition) is 1. The van der Waals surface area contributed by atoms with Gasteiger partial charge in [-0.2, -0.15) is 4.52 Å². The third-order valence-electron chi connectivity index (χ3n) is 3.41. The quantitative estimate of drug-likeness (QED) is 0.896. The van der Waals surface area contributed by atoms with Gasteiger partial charge in [-0.05, 0) is 13.3 Å². The maximum atomic E-state index is 11.9. The van der Waals surface area contributed by atoms with Crippen LogP contribution in [0.3, 0.4) is 0 Å². The molecule has 0 aromatic carbocycles. The van der Waals surface area contributed by atoms with Crippen LogP contribution in [0.15, 0.2) is 10.9 Å². The number of aromatic nitrogens is 3. The lowest BCUT2D eigenvalue weighted by atomic mass is 10.2. The summed E-state index contributed by atoms with van der Waals surface area (Å²) in [6, 6.07) is 1.53. The number of ether oxygens (including phenoxy) is 2. The predicted octanol–water partition coefficient (Wildman–Crippen LogP) is 1.28. The van der Waals surface area contributed by atoms with Crippen LogP contribution in [0.1, 0.15) is 26.0 Å². The van der Waals surface area contributed by atoms with Crippen LogP contribution in [0.4, 0.5) is 5.13 Å². The van der Waals surface area contributed by atoms with E-state index in [2.05, 4.69) is 15.4 Å². The Hall–Kier alpha value is -1.51. The van der Waals surface area contributed by atoms with Crippen LogP contribution in [0, 0.1) is 0 Å². The summed E-state index contributed by atoms with van der Waals surface area (Å²) < 4.78 is 12.4. The number of nitrogens with one attached hydrogen (secondary N) is 1. The highest BCUT2D eigenvalue weighted by Gasteiger charge is 2.30. The van der Waals surface area contributed by atoms with Crippen LogP contribution in [0.25, 0.3) is 4.96 Å². The second-order valence-electron chi connectivity index (χ2n) is 5.05. The molecule has 1 aliphatic heterocycles. The van der Waals surface area contributed by atoms with E-state index >= 15 is 0 Å².